The fourth-order valence-electron chi connectivity index (χ4n) is 1.67. The topological polar surface area (TPSA) is 70.1 Å². The molecule has 0 radical (unpaired) electrons. The van der Waals surface area contributed by atoms with E-state index in [9.17, 15) is 4.79 Å². The van der Waals surface area contributed by atoms with Gasteiger partial charge in [0, 0.05) is 16.4 Å². The van der Waals surface area contributed by atoms with Crippen molar-refractivity contribution in [1.82, 2.24) is 9.78 Å². The molecule has 1 aromatic heterocycles. The largest absolute Gasteiger partial charge is 0.462 e. The third-order valence-electron chi connectivity index (χ3n) is 2.59. The predicted octanol–water partition coefficient (Wildman–Crippen LogP) is 2.45. The van der Waals surface area contributed by atoms with E-state index in [1.54, 1.807) is 17.8 Å². The number of nitrogen functional groups attached to an aromatic ring is 1. The summed E-state index contributed by atoms with van der Waals surface area (Å²) >= 11 is 3.44. The molecule has 0 saturated carbocycles. The molecule has 5 nitrogen and oxygen atoms in total. The van der Waals surface area contributed by atoms with Gasteiger partial charge in [-0.1, -0.05) is 12.1 Å². The molecule has 0 amide bonds. The van der Waals surface area contributed by atoms with E-state index >= 15 is 0 Å². The smallest absolute Gasteiger partial charge is 0.341 e. The number of nitrogens with two attached hydrogens (primary N) is 1. The van der Waals surface area contributed by atoms with E-state index in [0.717, 1.165) is 10.0 Å². The third kappa shape index (κ3) is 3.14. The van der Waals surface area contributed by atoms with Crippen LogP contribution in [0.3, 0.4) is 0 Å². The number of halogens is 1. The maximum Gasteiger partial charge on any atom is 0.341 e. The van der Waals surface area contributed by atoms with Gasteiger partial charge in [-0.15, -0.1) is 0 Å². The van der Waals surface area contributed by atoms with Gasteiger partial charge in [0.1, 0.15) is 0 Å². The van der Waals surface area contributed by atoms with Crippen LogP contribution >= 0.6 is 15.9 Å². The van der Waals surface area contributed by atoms with E-state index in [-0.39, 0.29) is 5.97 Å². The van der Waals surface area contributed by atoms with E-state index in [4.69, 9.17) is 10.5 Å². The van der Waals surface area contributed by atoms with Crippen LogP contribution in [0, 0.1) is 0 Å². The van der Waals surface area contributed by atoms with Crippen LogP contribution in [0.4, 0.5) is 5.69 Å². The van der Waals surface area contributed by atoms with E-state index in [0.29, 0.717) is 24.4 Å². The van der Waals surface area contributed by atoms with Crippen LogP contribution in [-0.2, 0) is 11.3 Å². The summed E-state index contributed by atoms with van der Waals surface area (Å²) in [6, 6.07) is 5.65. The SMILES string of the molecule is CCOC(=O)c1cnn(Cc2cccc(N)c2Br)c1. The number of carbonyl (C=O) groups is 1. The fraction of sp³-hybridized carbons (Fsp3) is 0.231. The van der Waals surface area contributed by atoms with Gasteiger partial charge in [-0.3, -0.25) is 4.68 Å². The Hall–Kier alpha value is -1.82. The van der Waals surface area contributed by atoms with Crippen molar-refractivity contribution in [2.75, 3.05) is 12.3 Å². The Kier molecular flexibility index (Phi) is 4.21. The number of aromatic nitrogens is 2. The number of hydrogen-bond acceptors (Lipinski definition) is 4. The minimum Gasteiger partial charge on any atom is -0.462 e. The molecule has 0 atom stereocenters. The first-order chi connectivity index (χ1) is 9.11. The number of anilines is 1. The Bertz CT molecular complexity index is 595. The number of benzene rings is 1. The van der Waals surface area contributed by atoms with Crippen molar-refractivity contribution in [3.05, 3.63) is 46.2 Å². The van der Waals surface area contributed by atoms with Crippen molar-refractivity contribution in [2.45, 2.75) is 13.5 Å². The molecular weight excluding hydrogens is 310 g/mol. The van der Waals surface area contributed by atoms with Crippen molar-refractivity contribution >= 4 is 27.6 Å². The Morgan fingerprint density at radius 3 is 3.05 bits per heavy atom. The third-order valence-corrected chi connectivity index (χ3v) is 3.55. The Morgan fingerprint density at radius 2 is 2.32 bits per heavy atom. The number of rotatable bonds is 4. The highest BCUT2D eigenvalue weighted by molar-refractivity contribution is 9.10. The standard InChI is InChI=1S/C13H14BrN3O2/c1-2-19-13(18)10-6-16-17(8-10)7-9-4-3-5-11(15)12(9)14/h3-6,8H,2,7,15H2,1H3. The van der Waals surface area contributed by atoms with Gasteiger partial charge in [0.05, 0.1) is 24.9 Å². The molecule has 0 fully saturated rings. The highest BCUT2D eigenvalue weighted by atomic mass is 79.9. The second-order valence-electron chi connectivity index (χ2n) is 3.97. The van der Waals surface area contributed by atoms with Gasteiger partial charge < -0.3 is 10.5 Å². The van der Waals surface area contributed by atoms with Crippen LogP contribution in [0.5, 0.6) is 0 Å². The molecule has 1 heterocycles. The summed E-state index contributed by atoms with van der Waals surface area (Å²) < 4.78 is 7.44. The molecule has 0 aliphatic carbocycles. The molecule has 0 aliphatic rings. The second kappa shape index (κ2) is 5.88. The van der Waals surface area contributed by atoms with Gasteiger partial charge in [-0.05, 0) is 34.5 Å². The maximum absolute atomic E-state index is 11.5. The normalized spacial score (nSPS) is 10.4. The Morgan fingerprint density at radius 1 is 1.53 bits per heavy atom. The van der Waals surface area contributed by atoms with E-state index in [2.05, 4.69) is 21.0 Å². The second-order valence-corrected chi connectivity index (χ2v) is 4.76. The lowest BCUT2D eigenvalue weighted by atomic mass is 10.2. The van der Waals surface area contributed by atoms with Gasteiger partial charge in [0.2, 0.25) is 0 Å². The zero-order chi connectivity index (χ0) is 13.8. The van der Waals surface area contributed by atoms with Crippen molar-refractivity contribution in [1.29, 1.82) is 0 Å². The molecule has 0 saturated heterocycles. The first kappa shape index (κ1) is 13.6. The molecule has 6 heteroatoms. The van der Waals surface area contributed by atoms with E-state index in [1.165, 1.54) is 6.20 Å². The molecule has 0 aliphatic heterocycles. The molecule has 2 rings (SSSR count). The molecule has 2 aromatic rings. The minimum atomic E-state index is -0.361. The maximum atomic E-state index is 11.5. The quantitative estimate of drug-likeness (QED) is 0.693. The van der Waals surface area contributed by atoms with Gasteiger partial charge >= 0.3 is 5.97 Å². The Labute approximate surface area is 119 Å². The van der Waals surface area contributed by atoms with E-state index in [1.807, 2.05) is 18.2 Å². The summed E-state index contributed by atoms with van der Waals surface area (Å²) in [5.74, 6) is -0.361. The monoisotopic (exact) mass is 323 g/mol. The number of ether oxygens (including phenoxy) is 1. The van der Waals surface area contributed by atoms with E-state index < -0.39 is 0 Å². The number of nitrogens with zero attached hydrogens (tertiary/aromatic N) is 2. The van der Waals surface area contributed by atoms with Crippen molar-refractivity contribution < 1.29 is 9.53 Å². The van der Waals surface area contributed by atoms with Crippen molar-refractivity contribution in [3.63, 3.8) is 0 Å². The Balaban J connectivity index is 2.16. The summed E-state index contributed by atoms with van der Waals surface area (Å²) in [6.07, 6.45) is 3.16. The lowest BCUT2D eigenvalue weighted by Gasteiger charge is -2.06. The fourth-order valence-corrected chi connectivity index (χ4v) is 2.06. The first-order valence-corrected chi connectivity index (χ1v) is 6.63. The summed E-state index contributed by atoms with van der Waals surface area (Å²) in [6.45, 7) is 2.65. The predicted molar refractivity (Wildman–Crippen MR) is 75.8 cm³/mol. The van der Waals surface area contributed by atoms with Crippen LogP contribution < -0.4 is 5.73 Å². The molecule has 100 valence electrons. The van der Waals surface area contributed by atoms with Crippen LogP contribution in [0.25, 0.3) is 0 Å². The van der Waals surface area contributed by atoms with Crippen LogP contribution in [0.2, 0.25) is 0 Å². The van der Waals surface area contributed by atoms with Crippen LogP contribution in [0.1, 0.15) is 22.8 Å². The summed E-state index contributed by atoms with van der Waals surface area (Å²) in [7, 11) is 0. The molecule has 0 unspecified atom stereocenters. The molecular formula is C13H14BrN3O2. The van der Waals surface area contributed by atoms with Crippen LogP contribution in [-0.4, -0.2) is 22.4 Å². The number of esters is 1. The number of hydrogen-bond donors (Lipinski definition) is 1. The lowest BCUT2D eigenvalue weighted by Crippen LogP contribution is -2.04. The molecule has 1 aromatic carbocycles. The highest BCUT2D eigenvalue weighted by Gasteiger charge is 2.10. The van der Waals surface area contributed by atoms with Crippen molar-refractivity contribution in [2.24, 2.45) is 0 Å². The first-order valence-electron chi connectivity index (χ1n) is 5.84. The average Bonchev–Trinajstić information content (AvgIpc) is 2.84. The summed E-state index contributed by atoms with van der Waals surface area (Å²) in [5.41, 5.74) is 7.94. The highest BCUT2D eigenvalue weighted by Crippen LogP contribution is 2.24. The lowest BCUT2D eigenvalue weighted by molar-refractivity contribution is 0.0526. The van der Waals surface area contributed by atoms with Gasteiger partial charge in [0.25, 0.3) is 0 Å². The van der Waals surface area contributed by atoms with Gasteiger partial charge in [0.15, 0.2) is 0 Å². The summed E-state index contributed by atoms with van der Waals surface area (Å²) in [4.78, 5) is 11.5. The molecule has 0 spiro atoms. The van der Waals surface area contributed by atoms with Gasteiger partial charge in [-0.2, -0.15) is 5.10 Å². The molecule has 2 N–H and O–H groups in total. The molecule has 19 heavy (non-hydrogen) atoms. The zero-order valence-electron chi connectivity index (χ0n) is 10.5. The minimum absolute atomic E-state index is 0.352. The molecule has 0 bridgehead atoms. The zero-order valence-corrected chi connectivity index (χ0v) is 12.1. The van der Waals surface area contributed by atoms with Crippen molar-refractivity contribution in [3.8, 4) is 0 Å². The number of carbonyl (C=O) groups excluding carboxylic acids is 1. The summed E-state index contributed by atoms with van der Waals surface area (Å²) in [5, 5.41) is 4.14. The van der Waals surface area contributed by atoms with Gasteiger partial charge in [-0.25, -0.2) is 4.79 Å². The van der Waals surface area contributed by atoms with Crippen LogP contribution in [0.15, 0.2) is 35.1 Å². The average molecular weight is 324 g/mol.